The van der Waals surface area contributed by atoms with Crippen molar-refractivity contribution in [3.8, 4) is 0 Å². The highest BCUT2D eigenvalue weighted by molar-refractivity contribution is 5.73. The summed E-state index contributed by atoms with van der Waals surface area (Å²) in [6, 6.07) is 8.89. The average molecular weight is 236 g/mol. The Morgan fingerprint density at radius 1 is 1.29 bits per heavy atom. The van der Waals surface area contributed by atoms with E-state index in [1.165, 1.54) is 0 Å². The van der Waals surface area contributed by atoms with Crippen LogP contribution >= 0.6 is 0 Å². The fraction of sp³-hybridized carbons (Fsp3) is 0.417. The maximum absolute atomic E-state index is 10.8. The highest BCUT2D eigenvalue weighted by Gasteiger charge is 2.20. The van der Waals surface area contributed by atoms with Gasteiger partial charge in [0.05, 0.1) is 0 Å². The Morgan fingerprint density at radius 2 is 1.94 bits per heavy atom. The summed E-state index contributed by atoms with van der Waals surface area (Å²) in [6.07, 6.45) is 1.37. The van der Waals surface area contributed by atoms with Gasteiger partial charge in [-0.05, 0) is 12.0 Å². The van der Waals surface area contributed by atoms with Gasteiger partial charge in [0.1, 0.15) is 0 Å². The third-order valence-electron chi connectivity index (χ3n) is 2.63. The van der Waals surface area contributed by atoms with Gasteiger partial charge in [-0.2, -0.15) is 0 Å². The largest absolute Gasteiger partial charge is 0.370 e. The van der Waals surface area contributed by atoms with Crippen LogP contribution in [0.25, 0.3) is 0 Å². The number of carbonyl (C=O) groups excluding carboxylic acids is 1. The molecule has 5 heteroatoms. The van der Waals surface area contributed by atoms with Gasteiger partial charge < -0.3 is 5.73 Å². The predicted molar refractivity (Wildman–Crippen MR) is 64.0 cm³/mol. The summed E-state index contributed by atoms with van der Waals surface area (Å²) in [7, 11) is 0. The lowest BCUT2D eigenvalue weighted by molar-refractivity contribution is -0.524. The zero-order chi connectivity index (χ0) is 12.7. The summed E-state index contributed by atoms with van der Waals surface area (Å²) in [6.45, 7) is 0. The van der Waals surface area contributed by atoms with Gasteiger partial charge in [-0.15, -0.1) is 0 Å². The number of hydrogen-bond donors (Lipinski definition) is 1. The third-order valence-corrected chi connectivity index (χ3v) is 2.63. The van der Waals surface area contributed by atoms with Crippen molar-refractivity contribution in [2.24, 2.45) is 5.73 Å². The molecule has 5 nitrogen and oxygen atoms in total. The molecule has 0 fully saturated rings. The molecule has 1 aromatic rings. The first kappa shape index (κ1) is 13.2. The van der Waals surface area contributed by atoms with E-state index in [4.69, 9.17) is 5.73 Å². The summed E-state index contributed by atoms with van der Waals surface area (Å²) < 4.78 is 0. The van der Waals surface area contributed by atoms with Crippen LogP contribution in [0.3, 0.4) is 0 Å². The molecule has 0 spiro atoms. The number of carbonyl (C=O) groups is 1. The Morgan fingerprint density at radius 3 is 2.47 bits per heavy atom. The van der Waals surface area contributed by atoms with E-state index in [-0.39, 0.29) is 17.8 Å². The first-order chi connectivity index (χ1) is 8.09. The summed E-state index contributed by atoms with van der Waals surface area (Å²) in [4.78, 5) is 21.1. The molecule has 1 aromatic carbocycles. The molecule has 1 rings (SSSR count). The van der Waals surface area contributed by atoms with Crippen molar-refractivity contribution in [2.75, 3.05) is 0 Å². The standard InChI is InChI=1S/C12H16N2O3/c13-12(15)9-8-11(14(16)17)7-6-10-4-2-1-3-5-10/h1-5,11H,6-9H2,(H2,13,15). The number of primary amides is 1. The smallest absolute Gasteiger partial charge is 0.217 e. The minimum absolute atomic E-state index is 0.0699. The average Bonchev–Trinajstić information content (AvgIpc) is 2.29. The van der Waals surface area contributed by atoms with E-state index in [9.17, 15) is 14.9 Å². The van der Waals surface area contributed by atoms with Crippen LogP contribution in [0.4, 0.5) is 0 Å². The van der Waals surface area contributed by atoms with Gasteiger partial charge in [-0.25, -0.2) is 0 Å². The molecule has 0 aliphatic carbocycles. The SMILES string of the molecule is NC(=O)CCC(CCc1ccccc1)[N+](=O)[O-]. The van der Waals surface area contributed by atoms with E-state index >= 15 is 0 Å². The predicted octanol–water partition coefficient (Wildman–Crippen LogP) is 1.53. The Balaban J connectivity index is 2.45. The van der Waals surface area contributed by atoms with Gasteiger partial charge in [-0.3, -0.25) is 14.9 Å². The topological polar surface area (TPSA) is 86.2 Å². The molecule has 92 valence electrons. The van der Waals surface area contributed by atoms with E-state index in [0.717, 1.165) is 5.56 Å². The molecule has 1 amide bonds. The van der Waals surface area contributed by atoms with Crippen LogP contribution in [0.1, 0.15) is 24.8 Å². The highest BCUT2D eigenvalue weighted by atomic mass is 16.6. The van der Waals surface area contributed by atoms with Gasteiger partial charge in [0.25, 0.3) is 0 Å². The Labute approximate surface area is 99.8 Å². The fourth-order valence-electron chi connectivity index (χ4n) is 1.64. The minimum atomic E-state index is -0.692. The molecule has 2 N–H and O–H groups in total. The van der Waals surface area contributed by atoms with E-state index < -0.39 is 11.9 Å². The lowest BCUT2D eigenvalue weighted by Gasteiger charge is -2.08. The van der Waals surface area contributed by atoms with Crippen LogP contribution in [0, 0.1) is 10.1 Å². The number of nitro groups is 1. The van der Waals surface area contributed by atoms with Crippen molar-refractivity contribution in [1.29, 1.82) is 0 Å². The summed E-state index contributed by atoms with van der Waals surface area (Å²) in [5.74, 6) is -0.489. The van der Waals surface area contributed by atoms with Gasteiger partial charge >= 0.3 is 0 Å². The van der Waals surface area contributed by atoms with Gasteiger partial charge in [0, 0.05) is 24.2 Å². The molecule has 0 radical (unpaired) electrons. The second kappa shape index (κ2) is 6.62. The quantitative estimate of drug-likeness (QED) is 0.575. The molecule has 1 unspecified atom stereocenters. The van der Waals surface area contributed by atoms with Crippen LogP contribution in [0.15, 0.2) is 30.3 Å². The second-order valence-electron chi connectivity index (χ2n) is 3.97. The van der Waals surface area contributed by atoms with Crippen molar-refractivity contribution < 1.29 is 9.72 Å². The van der Waals surface area contributed by atoms with Crippen molar-refractivity contribution in [2.45, 2.75) is 31.7 Å². The molecule has 17 heavy (non-hydrogen) atoms. The third kappa shape index (κ3) is 5.10. The molecule has 0 aliphatic heterocycles. The molecular formula is C12H16N2O3. The maximum Gasteiger partial charge on any atom is 0.217 e. The number of nitrogens with zero attached hydrogens (tertiary/aromatic N) is 1. The zero-order valence-electron chi connectivity index (χ0n) is 9.54. The number of hydrogen-bond acceptors (Lipinski definition) is 3. The lowest BCUT2D eigenvalue weighted by atomic mass is 10.0. The molecular weight excluding hydrogens is 220 g/mol. The first-order valence-electron chi connectivity index (χ1n) is 5.55. The Kier molecular flexibility index (Phi) is 5.13. The van der Waals surface area contributed by atoms with Crippen molar-refractivity contribution in [1.82, 2.24) is 0 Å². The summed E-state index contributed by atoms with van der Waals surface area (Å²) in [5, 5.41) is 10.8. The normalized spacial score (nSPS) is 12.0. The number of rotatable bonds is 7. The summed E-state index contributed by atoms with van der Waals surface area (Å²) >= 11 is 0. The summed E-state index contributed by atoms with van der Waals surface area (Å²) in [5.41, 5.74) is 6.05. The Bertz CT molecular complexity index is 379. The van der Waals surface area contributed by atoms with E-state index in [0.29, 0.717) is 12.8 Å². The van der Waals surface area contributed by atoms with Crippen LogP contribution in [-0.4, -0.2) is 16.9 Å². The van der Waals surface area contributed by atoms with E-state index in [1.807, 2.05) is 30.3 Å². The minimum Gasteiger partial charge on any atom is -0.370 e. The van der Waals surface area contributed by atoms with Gasteiger partial charge in [-0.1, -0.05) is 30.3 Å². The molecule has 0 heterocycles. The van der Waals surface area contributed by atoms with Crippen LogP contribution in [-0.2, 0) is 11.2 Å². The monoisotopic (exact) mass is 236 g/mol. The first-order valence-corrected chi connectivity index (χ1v) is 5.55. The van der Waals surface area contributed by atoms with Crippen molar-refractivity contribution in [3.05, 3.63) is 46.0 Å². The molecule has 0 saturated heterocycles. The fourth-order valence-corrected chi connectivity index (χ4v) is 1.64. The number of nitrogens with two attached hydrogens (primary N) is 1. The molecule has 0 aliphatic rings. The molecule has 0 saturated carbocycles. The van der Waals surface area contributed by atoms with Crippen molar-refractivity contribution in [3.63, 3.8) is 0 Å². The molecule has 0 bridgehead atoms. The zero-order valence-corrected chi connectivity index (χ0v) is 9.54. The Hall–Kier alpha value is -1.91. The van der Waals surface area contributed by atoms with E-state index in [1.54, 1.807) is 0 Å². The second-order valence-corrected chi connectivity index (χ2v) is 3.97. The van der Waals surface area contributed by atoms with Crippen LogP contribution in [0.2, 0.25) is 0 Å². The number of amides is 1. The maximum atomic E-state index is 10.8. The van der Waals surface area contributed by atoms with Crippen molar-refractivity contribution >= 4 is 5.91 Å². The van der Waals surface area contributed by atoms with Gasteiger partial charge in [0.15, 0.2) is 0 Å². The van der Waals surface area contributed by atoms with Gasteiger partial charge in [0.2, 0.25) is 11.9 Å². The number of aryl methyl sites for hydroxylation is 1. The molecule has 0 aromatic heterocycles. The van der Waals surface area contributed by atoms with Crippen LogP contribution < -0.4 is 5.73 Å². The lowest BCUT2D eigenvalue weighted by Crippen LogP contribution is -2.23. The highest BCUT2D eigenvalue weighted by Crippen LogP contribution is 2.11. The van der Waals surface area contributed by atoms with E-state index in [2.05, 4.69) is 0 Å². The molecule has 1 atom stereocenters. The number of benzene rings is 1. The van der Waals surface area contributed by atoms with Crippen LogP contribution in [0.5, 0.6) is 0 Å².